The van der Waals surface area contributed by atoms with Crippen molar-refractivity contribution < 1.29 is 9.59 Å². The van der Waals surface area contributed by atoms with Gasteiger partial charge in [-0.05, 0) is 18.4 Å². The third kappa shape index (κ3) is 5.41. The molecule has 0 aromatic heterocycles. The first-order valence-electron chi connectivity index (χ1n) is 7.74. The quantitative estimate of drug-likeness (QED) is 0.628. The van der Waals surface area contributed by atoms with E-state index in [9.17, 15) is 9.59 Å². The minimum Gasteiger partial charge on any atom is -0.353 e. The molecule has 0 unspecified atom stereocenters. The predicted molar refractivity (Wildman–Crippen MR) is 92.3 cm³/mol. The van der Waals surface area contributed by atoms with Crippen LogP contribution >= 0.6 is 12.4 Å². The zero-order chi connectivity index (χ0) is 15.8. The van der Waals surface area contributed by atoms with E-state index in [1.54, 1.807) is 0 Å². The van der Waals surface area contributed by atoms with Crippen LogP contribution < -0.4 is 21.7 Å². The Morgan fingerprint density at radius 3 is 2.35 bits per heavy atom. The van der Waals surface area contributed by atoms with Gasteiger partial charge in [0.25, 0.3) is 0 Å². The van der Waals surface area contributed by atoms with Gasteiger partial charge in [-0.1, -0.05) is 43.2 Å². The first kappa shape index (κ1) is 19.3. The van der Waals surface area contributed by atoms with Crippen molar-refractivity contribution >= 4 is 24.3 Å². The molecule has 1 saturated carbocycles. The van der Waals surface area contributed by atoms with Crippen LogP contribution in [0.25, 0.3) is 0 Å². The second kappa shape index (κ2) is 9.37. The molecule has 5 N–H and O–H groups in total. The lowest BCUT2D eigenvalue weighted by Crippen LogP contribution is -2.59. The monoisotopic (exact) mass is 340 g/mol. The fourth-order valence-electron chi connectivity index (χ4n) is 2.78. The molecule has 1 aliphatic rings. The maximum Gasteiger partial charge on any atom is 0.315 e. The van der Waals surface area contributed by atoms with Gasteiger partial charge in [0, 0.05) is 19.6 Å². The van der Waals surface area contributed by atoms with E-state index in [4.69, 9.17) is 5.73 Å². The summed E-state index contributed by atoms with van der Waals surface area (Å²) in [6.07, 6.45) is 3.22. The zero-order valence-corrected chi connectivity index (χ0v) is 14.0. The van der Waals surface area contributed by atoms with Crippen LogP contribution in [0, 0.1) is 0 Å². The molecule has 0 saturated heterocycles. The Kier molecular flexibility index (Phi) is 7.85. The van der Waals surface area contributed by atoms with Gasteiger partial charge in [0.05, 0.1) is 0 Å². The fourth-order valence-corrected chi connectivity index (χ4v) is 2.78. The van der Waals surface area contributed by atoms with Crippen LogP contribution in [0.1, 0.15) is 31.2 Å². The Morgan fingerprint density at radius 1 is 1.09 bits per heavy atom. The Morgan fingerprint density at radius 2 is 1.74 bits per heavy atom. The normalized spacial score (nSPS) is 15.3. The molecule has 0 atom stereocenters. The highest BCUT2D eigenvalue weighted by atomic mass is 35.5. The summed E-state index contributed by atoms with van der Waals surface area (Å²) in [4.78, 5) is 24.5. The minimum atomic E-state index is -0.796. The Balaban J connectivity index is 0.00000264. The molecule has 3 amide bonds. The van der Waals surface area contributed by atoms with E-state index in [1.165, 1.54) is 0 Å². The number of carbonyl (C=O) groups excluding carboxylic acids is 2. The lowest BCUT2D eigenvalue weighted by Gasteiger charge is -2.29. The summed E-state index contributed by atoms with van der Waals surface area (Å²) in [6, 6.07) is 9.35. The van der Waals surface area contributed by atoms with E-state index < -0.39 is 5.54 Å². The van der Waals surface area contributed by atoms with Crippen molar-refractivity contribution in [3.63, 3.8) is 0 Å². The van der Waals surface area contributed by atoms with Crippen molar-refractivity contribution in [2.75, 3.05) is 13.1 Å². The van der Waals surface area contributed by atoms with Gasteiger partial charge in [-0.25, -0.2) is 4.79 Å². The van der Waals surface area contributed by atoms with E-state index in [0.717, 1.165) is 18.4 Å². The number of hydrogen-bond acceptors (Lipinski definition) is 3. The second-order valence-corrected chi connectivity index (χ2v) is 5.63. The van der Waals surface area contributed by atoms with Gasteiger partial charge in [0.1, 0.15) is 5.54 Å². The van der Waals surface area contributed by atoms with Crippen LogP contribution in [0.3, 0.4) is 0 Å². The molecule has 2 rings (SSSR count). The van der Waals surface area contributed by atoms with Crippen molar-refractivity contribution in [1.29, 1.82) is 0 Å². The molecule has 128 valence electrons. The number of carbonyl (C=O) groups is 2. The van der Waals surface area contributed by atoms with Crippen molar-refractivity contribution in [3.8, 4) is 0 Å². The number of hydrogen-bond donors (Lipinski definition) is 4. The minimum absolute atomic E-state index is 0. The maximum absolute atomic E-state index is 12.3. The first-order chi connectivity index (χ1) is 10.7. The van der Waals surface area contributed by atoms with Gasteiger partial charge >= 0.3 is 6.03 Å². The van der Waals surface area contributed by atoms with E-state index >= 15 is 0 Å². The van der Waals surface area contributed by atoms with Gasteiger partial charge in [0.15, 0.2) is 0 Å². The summed E-state index contributed by atoms with van der Waals surface area (Å²) in [5, 5.41) is 8.46. The topological polar surface area (TPSA) is 96.2 Å². The highest BCUT2D eigenvalue weighted by Gasteiger charge is 2.42. The van der Waals surface area contributed by atoms with Crippen molar-refractivity contribution in [2.24, 2.45) is 5.73 Å². The lowest BCUT2D eigenvalue weighted by molar-refractivity contribution is -0.127. The molecular formula is C16H25ClN4O2. The highest BCUT2D eigenvalue weighted by Crippen LogP contribution is 2.29. The third-order valence-electron chi connectivity index (χ3n) is 3.97. The highest BCUT2D eigenvalue weighted by molar-refractivity contribution is 5.91. The summed E-state index contributed by atoms with van der Waals surface area (Å²) < 4.78 is 0. The fraction of sp³-hybridized carbons (Fsp3) is 0.500. The summed E-state index contributed by atoms with van der Waals surface area (Å²) >= 11 is 0. The molecule has 7 heteroatoms. The van der Waals surface area contributed by atoms with Gasteiger partial charge in [0.2, 0.25) is 5.91 Å². The smallest absolute Gasteiger partial charge is 0.315 e. The summed E-state index contributed by atoms with van der Waals surface area (Å²) in [7, 11) is 0. The van der Waals surface area contributed by atoms with Crippen LogP contribution in [-0.2, 0) is 11.3 Å². The van der Waals surface area contributed by atoms with Crippen LogP contribution in [0.5, 0.6) is 0 Å². The number of benzene rings is 1. The Bertz CT molecular complexity index is 504. The standard InChI is InChI=1S/C16H24N4O2.ClH/c17-10-11-18-14(21)16(8-4-5-9-16)20-15(22)19-12-13-6-2-1-3-7-13;/h1-3,6-7H,4-5,8-12,17H2,(H,18,21)(H2,19,20,22);1H. The molecule has 0 spiro atoms. The number of halogens is 1. The van der Waals surface area contributed by atoms with Gasteiger partial charge in [-0.3, -0.25) is 4.79 Å². The van der Waals surface area contributed by atoms with E-state index in [0.29, 0.717) is 32.5 Å². The second-order valence-electron chi connectivity index (χ2n) is 5.63. The lowest BCUT2D eigenvalue weighted by atomic mass is 9.96. The summed E-state index contributed by atoms with van der Waals surface area (Å²) in [5.41, 5.74) is 5.64. The molecule has 1 aromatic carbocycles. The molecule has 0 radical (unpaired) electrons. The molecule has 6 nitrogen and oxygen atoms in total. The van der Waals surface area contributed by atoms with Crippen molar-refractivity contribution in [3.05, 3.63) is 35.9 Å². The Labute approximate surface area is 143 Å². The number of nitrogens with one attached hydrogen (secondary N) is 3. The molecule has 1 aromatic rings. The molecule has 1 fully saturated rings. The molecule has 0 bridgehead atoms. The largest absolute Gasteiger partial charge is 0.353 e. The van der Waals surface area contributed by atoms with Crippen LogP contribution in [0.4, 0.5) is 4.79 Å². The average molecular weight is 341 g/mol. The van der Waals surface area contributed by atoms with E-state index in [2.05, 4.69) is 16.0 Å². The summed E-state index contributed by atoms with van der Waals surface area (Å²) in [5.74, 6) is -0.134. The molecule has 0 aliphatic heterocycles. The maximum atomic E-state index is 12.3. The number of nitrogens with two attached hydrogens (primary N) is 1. The molecular weight excluding hydrogens is 316 g/mol. The first-order valence-corrected chi connectivity index (χ1v) is 7.74. The predicted octanol–water partition coefficient (Wildman–Crippen LogP) is 1.30. The SMILES string of the molecule is Cl.NCCNC(=O)C1(NC(=O)NCc2ccccc2)CCCC1. The zero-order valence-electron chi connectivity index (χ0n) is 13.1. The summed E-state index contributed by atoms with van der Waals surface area (Å²) in [6.45, 7) is 1.25. The Hall–Kier alpha value is -1.79. The van der Waals surface area contributed by atoms with Gasteiger partial charge < -0.3 is 21.7 Å². The van der Waals surface area contributed by atoms with Crippen molar-refractivity contribution in [1.82, 2.24) is 16.0 Å². The van der Waals surface area contributed by atoms with Crippen LogP contribution in [0.15, 0.2) is 30.3 Å². The molecule has 23 heavy (non-hydrogen) atoms. The number of amides is 3. The average Bonchev–Trinajstić information content (AvgIpc) is 3.01. The van der Waals surface area contributed by atoms with Crippen LogP contribution in [-0.4, -0.2) is 30.6 Å². The molecule has 0 heterocycles. The number of urea groups is 1. The van der Waals surface area contributed by atoms with Crippen molar-refractivity contribution in [2.45, 2.75) is 37.8 Å². The number of rotatable bonds is 6. The van der Waals surface area contributed by atoms with Gasteiger partial charge in [-0.2, -0.15) is 0 Å². The third-order valence-corrected chi connectivity index (χ3v) is 3.97. The van der Waals surface area contributed by atoms with Gasteiger partial charge in [-0.15, -0.1) is 12.4 Å². The molecule has 1 aliphatic carbocycles. The van der Waals surface area contributed by atoms with Crippen LogP contribution in [0.2, 0.25) is 0 Å². The van der Waals surface area contributed by atoms with E-state index in [1.807, 2.05) is 30.3 Å². The van der Waals surface area contributed by atoms with E-state index in [-0.39, 0.29) is 24.3 Å².